The summed E-state index contributed by atoms with van der Waals surface area (Å²) in [5.41, 5.74) is 0. The minimum atomic E-state index is -0.499. The Bertz CT molecular complexity index is 171. The smallest absolute Gasteiger partial charge is 0.308 e. The van der Waals surface area contributed by atoms with E-state index in [1.165, 1.54) is 32.8 Å². The number of aliphatic hydroxyl groups is 1. The van der Waals surface area contributed by atoms with Crippen LogP contribution in [0.3, 0.4) is 0 Å². The Kier molecular flexibility index (Phi) is 4.94. The van der Waals surface area contributed by atoms with E-state index in [4.69, 9.17) is 0 Å². The van der Waals surface area contributed by atoms with E-state index in [2.05, 4.69) is 4.74 Å². The van der Waals surface area contributed by atoms with Crippen LogP contribution in [-0.4, -0.2) is 24.3 Å². The fourth-order valence-corrected chi connectivity index (χ4v) is 2.12. The SMILES string of the molecule is COC(=O)C[C@@H](O)C1CCCCCC1. The Morgan fingerprint density at radius 2 is 1.93 bits per heavy atom. The normalized spacial score (nSPS) is 21.3. The molecule has 0 heterocycles. The number of hydrogen-bond donors (Lipinski definition) is 1. The number of carbonyl (C=O) groups excluding carboxylic acids is 1. The summed E-state index contributed by atoms with van der Waals surface area (Å²) >= 11 is 0. The molecule has 82 valence electrons. The van der Waals surface area contributed by atoms with E-state index in [9.17, 15) is 9.90 Å². The van der Waals surface area contributed by atoms with Crippen molar-refractivity contribution >= 4 is 5.97 Å². The molecular formula is C11H20O3. The van der Waals surface area contributed by atoms with Crippen LogP contribution in [0.4, 0.5) is 0 Å². The summed E-state index contributed by atoms with van der Waals surface area (Å²) in [4.78, 5) is 11.0. The maximum Gasteiger partial charge on any atom is 0.308 e. The first kappa shape index (κ1) is 11.5. The van der Waals surface area contributed by atoms with Crippen LogP contribution in [-0.2, 0) is 9.53 Å². The van der Waals surface area contributed by atoms with Gasteiger partial charge in [0, 0.05) is 0 Å². The Hall–Kier alpha value is -0.570. The molecule has 1 aliphatic rings. The van der Waals surface area contributed by atoms with Crippen molar-refractivity contribution in [2.45, 2.75) is 51.0 Å². The van der Waals surface area contributed by atoms with Gasteiger partial charge in [-0.2, -0.15) is 0 Å². The van der Waals surface area contributed by atoms with Crippen molar-refractivity contribution in [1.29, 1.82) is 0 Å². The number of rotatable bonds is 3. The van der Waals surface area contributed by atoms with Crippen molar-refractivity contribution in [1.82, 2.24) is 0 Å². The Morgan fingerprint density at radius 3 is 2.43 bits per heavy atom. The van der Waals surface area contributed by atoms with E-state index < -0.39 is 6.10 Å². The van der Waals surface area contributed by atoms with Gasteiger partial charge in [0.05, 0.1) is 19.6 Å². The van der Waals surface area contributed by atoms with E-state index in [1.807, 2.05) is 0 Å². The molecule has 14 heavy (non-hydrogen) atoms. The van der Waals surface area contributed by atoms with Crippen molar-refractivity contribution in [2.24, 2.45) is 5.92 Å². The molecule has 0 bridgehead atoms. The minimum Gasteiger partial charge on any atom is -0.469 e. The summed E-state index contributed by atoms with van der Waals surface area (Å²) in [6.45, 7) is 0. The van der Waals surface area contributed by atoms with Gasteiger partial charge in [-0.3, -0.25) is 4.79 Å². The van der Waals surface area contributed by atoms with Crippen molar-refractivity contribution in [3.63, 3.8) is 0 Å². The summed E-state index contributed by atoms with van der Waals surface area (Å²) in [7, 11) is 1.36. The fraction of sp³-hybridized carbons (Fsp3) is 0.909. The largest absolute Gasteiger partial charge is 0.469 e. The average molecular weight is 200 g/mol. The van der Waals surface area contributed by atoms with E-state index >= 15 is 0 Å². The molecule has 1 saturated carbocycles. The molecule has 1 rings (SSSR count). The molecule has 1 fully saturated rings. The molecular weight excluding hydrogens is 180 g/mol. The van der Waals surface area contributed by atoms with Gasteiger partial charge in [0.15, 0.2) is 0 Å². The highest BCUT2D eigenvalue weighted by atomic mass is 16.5. The highest BCUT2D eigenvalue weighted by Crippen LogP contribution is 2.26. The van der Waals surface area contributed by atoms with Gasteiger partial charge in [0.2, 0.25) is 0 Å². The average Bonchev–Trinajstić information content (AvgIpc) is 2.45. The number of carbonyl (C=O) groups is 1. The maximum absolute atomic E-state index is 11.0. The molecule has 0 spiro atoms. The maximum atomic E-state index is 11.0. The molecule has 1 N–H and O–H groups in total. The lowest BCUT2D eigenvalue weighted by molar-refractivity contribution is -0.143. The van der Waals surface area contributed by atoms with Gasteiger partial charge >= 0.3 is 5.97 Å². The molecule has 0 radical (unpaired) electrons. The number of aliphatic hydroxyl groups excluding tert-OH is 1. The highest BCUT2D eigenvalue weighted by molar-refractivity contribution is 5.69. The first-order chi connectivity index (χ1) is 6.74. The van der Waals surface area contributed by atoms with Crippen molar-refractivity contribution in [3.05, 3.63) is 0 Å². The van der Waals surface area contributed by atoms with Crippen molar-refractivity contribution in [3.8, 4) is 0 Å². The van der Waals surface area contributed by atoms with Crippen molar-refractivity contribution in [2.75, 3.05) is 7.11 Å². The third-order valence-corrected chi connectivity index (χ3v) is 3.05. The first-order valence-corrected chi connectivity index (χ1v) is 5.49. The Balaban J connectivity index is 2.33. The van der Waals surface area contributed by atoms with Crippen LogP contribution >= 0.6 is 0 Å². The molecule has 0 amide bonds. The predicted molar refractivity (Wildman–Crippen MR) is 53.8 cm³/mol. The lowest BCUT2D eigenvalue weighted by atomic mass is 9.92. The van der Waals surface area contributed by atoms with Crippen LogP contribution in [0.1, 0.15) is 44.9 Å². The third kappa shape index (κ3) is 3.66. The zero-order chi connectivity index (χ0) is 10.4. The number of hydrogen-bond acceptors (Lipinski definition) is 3. The second-order valence-electron chi connectivity index (χ2n) is 4.10. The summed E-state index contributed by atoms with van der Waals surface area (Å²) < 4.78 is 4.54. The third-order valence-electron chi connectivity index (χ3n) is 3.05. The lowest BCUT2D eigenvalue weighted by Crippen LogP contribution is -2.23. The van der Waals surface area contributed by atoms with Gasteiger partial charge in [0.1, 0.15) is 0 Å². The van der Waals surface area contributed by atoms with Gasteiger partial charge in [-0.05, 0) is 18.8 Å². The highest BCUT2D eigenvalue weighted by Gasteiger charge is 2.23. The molecule has 1 aliphatic carbocycles. The van der Waals surface area contributed by atoms with Crippen molar-refractivity contribution < 1.29 is 14.6 Å². The number of esters is 1. The van der Waals surface area contributed by atoms with E-state index in [-0.39, 0.29) is 12.4 Å². The Morgan fingerprint density at radius 1 is 1.36 bits per heavy atom. The van der Waals surface area contributed by atoms with Gasteiger partial charge in [-0.25, -0.2) is 0 Å². The summed E-state index contributed by atoms with van der Waals surface area (Å²) in [6.07, 6.45) is 6.66. The van der Waals surface area contributed by atoms with E-state index in [0.29, 0.717) is 5.92 Å². The molecule has 0 saturated heterocycles. The zero-order valence-corrected chi connectivity index (χ0v) is 8.87. The number of ether oxygens (including phenoxy) is 1. The second-order valence-corrected chi connectivity index (χ2v) is 4.10. The Labute approximate surface area is 85.5 Å². The monoisotopic (exact) mass is 200 g/mol. The molecule has 3 heteroatoms. The quantitative estimate of drug-likeness (QED) is 0.559. The van der Waals surface area contributed by atoms with Gasteiger partial charge in [-0.1, -0.05) is 25.7 Å². The standard InChI is InChI=1S/C11H20O3/c1-14-11(13)8-10(12)9-6-4-2-3-5-7-9/h9-10,12H,2-8H2,1H3/t10-/m1/s1. The number of methoxy groups -OCH3 is 1. The summed E-state index contributed by atoms with van der Waals surface area (Å²) in [6, 6.07) is 0. The van der Waals surface area contributed by atoms with Crippen LogP contribution in [0.25, 0.3) is 0 Å². The van der Waals surface area contributed by atoms with Gasteiger partial charge in [-0.15, -0.1) is 0 Å². The molecule has 0 unspecified atom stereocenters. The summed E-state index contributed by atoms with van der Waals surface area (Å²) in [5, 5.41) is 9.80. The lowest BCUT2D eigenvalue weighted by Gasteiger charge is -2.19. The predicted octanol–water partition coefficient (Wildman–Crippen LogP) is 1.88. The molecule has 3 nitrogen and oxygen atoms in total. The molecule has 0 aromatic rings. The van der Waals surface area contributed by atoms with Crippen LogP contribution in [0.15, 0.2) is 0 Å². The van der Waals surface area contributed by atoms with Crippen LogP contribution in [0.2, 0.25) is 0 Å². The topological polar surface area (TPSA) is 46.5 Å². The van der Waals surface area contributed by atoms with Gasteiger partial charge < -0.3 is 9.84 Å². The van der Waals surface area contributed by atoms with E-state index in [0.717, 1.165) is 12.8 Å². The molecule has 1 atom stereocenters. The molecule has 0 aromatic heterocycles. The van der Waals surface area contributed by atoms with Crippen LogP contribution in [0, 0.1) is 5.92 Å². The van der Waals surface area contributed by atoms with Crippen LogP contribution < -0.4 is 0 Å². The summed E-state index contributed by atoms with van der Waals surface area (Å²) in [5.74, 6) is -0.00153. The fourth-order valence-electron chi connectivity index (χ4n) is 2.12. The molecule has 0 aromatic carbocycles. The zero-order valence-electron chi connectivity index (χ0n) is 8.87. The first-order valence-electron chi connectivity index (χ1n) is 5.49. The van der Waals surface area contributed by atoms with Gasteiger partial charge in [0.25, 0.3) is 0 Å². The minimum absolute atomic E-state index is 0.154. The second kappa shape index (κ2) is 6.02. The molecule has 0 aliphatic heterocycles. The van der Waals surface area contributed by atoms with Crippen LogP contribution in [0.5, 0.6) is 0 Å². The van der Waals surface area contributed by atoms with E-state index in [1.54, 1.807) is 0 Å².